The van der Waals surface area contributed by atoms with Gasteiger partial charge in [-0.15, -0.1) is 0 Å². The zero-order valence-electron chi connectivity index (χ0n) is 23.1. The topological polar surface area (TPSA) is 135 Å². The molecule has 2 unspecified atom stereocenters. The van der Waals surface area contributed by atoms with Gasteiger partial charge in [0.2, 0.25) is 0 Å². The molecule has 4 aromatic carbocycles. The summed E-state index contributed by atoms with van der Waals surface area (Å²) in [6.45, 7) is 0. The summed E-state index contributed by atoms with van der Waals surface area (Å²) in [6, 6.07) is 26.7. The fourth-order valence-electron chi connectivity index (χ4n) is 7.55. The number of rotatable bonds is 7. The van der Waals surface area contributed by atoms with E-state index in [1.807, 2.05) is 30.3 Å². The third-order valence-corrected chi connectivity index (χ3v) is 9.17. The van der Waals surface area contributed by atoms with Crippen LogP contribution in [0.4, 0.5) is 5.69 Å². The first-order chi connectivity index (χ1) is 20.7. The minimum atomic E-state index is -0.637. The molecule has 9 heteroatoms. The Balaban J connectivity index is 1.10. The second-order valence-electron chi connectivity index (χ2n) is 11.9. The monoisotopic (exact) mass is 576 g/mol. The number of ether oxygens (including phenoxy) is 3. The van der Waals surface area contributed by atoms with E-state index >= 15 is 0 Å². The minimum absolute atomic E-state index is 0.0131. The number of nitriles is 1. The van der Waals surface area contributed by atoms with Crippen molar-refractivity contribution >= 4 is 5.69 Å². The lowest BCUT2D eigenvalue weighted by atomic mass is 9.48. The van der Waals surface area contributed by atoms with Gasteiger partial charge in [-0.2, -0.15) is 5.26 Å². The van der Waals surface area contributed by atoms with Crippen LogP contribution >= 0.6 is 0 Å². The van der Waals surface area contributed by atoms with E-state index in [0.717, 1.165) is 32.1 Å². The molecule has 0 aromatic heterocycles. The van der Waals surface area contributed by atoms with E-state index in [1.54, 1.807) is 6.07 Å². The maximum atomic E-state index is 11.0. The minimum Gasteiger partial charge on any atom is -0.506 e. The summed E-state index contributed by atoms with van der Waals surface area (Å²) in [6.07, 6.45) is 5.24. The number of hydrogen-bond acceptors (Lipinski definition) is 8. The SMILES string of the molecule is N#Cc1ccc(Oc2ccc(C34CC5CC(c6ccc(Oc7ccc([N+](=O)[O-])c(O)c7)cc6)(CC(C3)O5)C4)cc2)cc1O. The smallest absolute Gasteiger partial charge is 0.310 e. The van der Waals surface area contributed by atoms with Crippen LogP contribution in [0.1, 0.15) is 48.8 Å². The molecule has 0 radical (unpaired) electrons. The molecule has 2 atom stereocenters. The first-order valence-corrected chi connectivity index (χ1v) is 14.2. The van der Waals surface area contributed by atoms with Crippen molar-refractivity contribution < 1.29 is 29.3 Å². The molecule has 4 fully saturated rings. The molecule has 2 saturated carbocycles. The quantitative estimate of drug-likeness (QED) is 0.172. The highest BCUT2D eigenvalue weighted by atomic mass is 16.6. The summed E-state index contributed by atoms with van der Waals surface area (Å²) in [7, 11) is 0. The Hall–Kier alpha value is -5.07. The van der Waals surface area contributed by atoms with Crippen molar-refractivity contribution in [2.75, 3.05) is 0 Å². The fourth-order valence-corrected chi connectivity index (χ4v) is 7.55. The molecule has 2 aliphatic carbocycles. The Labute approximate surface area is 247 Å². The molecule has 216 valence electrons. The predicted octanol–water partition coefficient (Wildman–Crippen LogP) is 7.38. The first kappa shape index (κ1) is 26.8. The molecule has 2 aliphatic heterocycles. The third-order valence-electron chi connectivity index (χ3n) is 9.17. The van der Waals surface area contributed by atoms with Gasteiger partial charge in [0.1, 0.15) is 34.8 Å². The van der Waals surface area contributed by atoms with E-state index in [0.29, 0.717) is 23.0 Å². The standard InChI is InChI=1S/C34H28N2O7/c35-19-21-1-6-26(13-31(21)37)41-24-7-2-22(3-8-24)33-15-28-17-34(20-33,18-29(16-33)43-28)23-4-9-25(10-5-23)42-27-11-12-30(36(39)40)32(38)14-27/h1-14,28-29,37-38H,15-18,20H2. The summed E-state index contributed by atoms with van der Waals surface area (Å²) in [4.78, 5) is 10.4. The van der Waals surface area contributed by atoms with Crippen LogP contribution < -0.4 is 9.47 Å². The summed E-state index contributed by atoms with van der Waals surface area (Å²) in [5.41, 5.74) is 2.31. The molecule has 4 bridgehead atoms. The normalized spacial score (nSPS) is 25.2. The van der Waals surface area contributed by atoms with Crippen LogP contribution in [0.5, 0.6) is 34.5 Å². The lowest BCUT2D eigenvalue weighted by Gasteiger charge is -2.62. The Morgan fingerprint density at radius 2 is 1.21 bits per heavy atom. The number of nitrogens with zero attached hydrogens (tertiary/aromatic N) is 2. The third kappa shape index (κ3) is 4.80. The van der Waals surface area contributed by atoms with Crippen molar-refractivity contribution in [2.24, 2.45) is 0 Å². The zero-order valence-corrected chi connectivity index (χ0v) is 23.1. The fraction of sp³-hybridized carbons (Fsp3) is 0.265. The second kappa shape index (κ2) is 10.0. The molecular weight excluding hydrogens is 548 g/mol. The van der Waals surface area contributed by atoms with Crippen molar-refractivity contribution in [3.8, 4) is 40.6 Å². The summed E-state index contributed by atoms with van der Waals surface area (Å²) in [5.74, 6) is 1.47. The van der Waals surface area contributed by atoms with Crippen LogP contribution in [0.2, 0.25) is 0 Å². The molecule has 4 aromatic rings. The van der Waals surface area contributed by atoms with Crippen LogP contribution in [0.15, 0.2) is 84.9 Å². The van der Waals surface area contributed by atoms with Crippen molar-refractivity contribution in [2.45, 2.75) is 55.1 Å². The predicted molar refractivity (Wildman–Crippen MR) is 156 cm³/mol. The first-order valence-electron chi connectivity index (χ1n) is 14.2. The van der Waals surface area contributed by atoms with Gasteiger partial charge < -0.3 is 24.4 Å². The van der Waals surface area contributed by atoms with Gasteiger partial charge in [-0.1, -0.05) is 24.3 Å². The Morgan fingerprint density at radius 1 is 0.744 bits per heavy atom. The van der Waals surface area contributed by atoms with Crippen LogP contribution in [0.25, 0.3) is 0 Å². The number of nitro groups is 1. The van der Waals surface area contributed by atoms with Crippen molar-refractivity contribution in [3.05, 3.63) is 112 Å². The highest BCUT2D eigenvalue weighted by Crippen LogP contribution is 2.62. The highest BCUT2D eigenvalue weighted by molar-refractivity contribution is 5.51. The van der Waals surface area contributed by atoms with Gasteiger partial charge in [0, 0.05) is 29.0 Å². The Kier molecular flexibility index (Phi) is 6.26. The summed E-state index contributed by atoms with van der Waals surface area (Å²) < 4.78 is 18.3. The lowest BCUT2D eigenvalue weighted by molar-refractivity contribution is -0.385. The van der Waals surface area contributed by atoms with Crippen LogP contribution in [0.3, 0.4) is 0 Å². The molecule has 2 heterocycles. The maximum absolute atomic E-state index is 11.0. The van der Waals surface area contributed by atoms with E-state index in [4.69, 9.17) is 19.5 Å². The van der Waals surface area contributed by atoms with E-state index in [9.17, 15) is 20.3 Å². The van der Waals surface area contributed by atoms with Gasteiger partial charge in [0.15, 0.2) is 5.75 Å². The molecule has 43 heavy (non-hydrogen) atoms. The number of benzene rings is 4. The molecule has 9 nitrogen and oxygen atoms in total. The molecule has 2 N–H and O–H groups in total. The largest absolute Gasteiger partial charge is 0.506 e. The van der Waals surface area contributed by atoms with Gasteiger partial charge in [-0.25, -0.2) is 0 Å². The average Bonchev–Trinajstić information content (AvgIpc) is 2.97. The van der Waals surface area contributed by atoms with E-state index in [-0.39, 0.29) is 40.0 Å². The van der Waals surface area contributed by atoms with Gasteiger partial charge in [-0.05, 0) is 85.7 Å². The number of phenolic OH excluding ortho intramolecular Hbond substituents is 2. The van der Waals surface area contributed by atoms with Gasteiger partial charge in [0.25, 0.3) is 0 Å². The molecule has 0 amide bonds. The molecule has 8 rings (SSSR count). The van der Waals surface area contributed by atoms with E-state index < -0.39 is 10.7 Å². The van der Waals surface area contributed by atoms with Crippen LogP contribution in [-0.4, -0.2) is 27.3 Å². The van der Waals surface area contributed by atoms with Crippen molar-refractivity contribution in [1.29, 1.82) is 5.26 Å². The molecular formula is C34H28N2O7. The molecule has 0 spiro atoms. The summed E-state index contributed by atoms with van der Waals surface area (Å²) >= 11 is 0. The van der Waals surface area contributed by atoms with Crippen molar-refractivity contribution in [3.63, 3.8) is 0 Å². The molecule has 2 saturated heterocycles. The Bertz CT molecular complexity index is 1750. The zero-order chi connectivity index (χ0) is 29.8. The van der Waals surface area contributed by atoms with Gasteiger partial charge >= 0.3 is 5.69 Å². The second-order valence-corrected chi connectivity index (χ2v) is 11.9. The highest BCUT2D eigenvalue weighted by Gasteiger charge is 2.59. The van der Waals surface area contributed by atoms with E-state index in [1.165, 1.54) is 41.5 Å². The number of nitro benzene ring substituents is 1. The van der Waals surface area contributed by atoms with Crippen LogP contribution in [0, 0.1) is 21.4 Å². The number of hydrogen-bond donors (Lipinski definition) is 2. The van der Waals surface area contributed by atoms with Gasteiger partial charge in [-0.3, -0.25) is 10.1 Å². The van der Waals surface area contributed by atoms with Gasteiger partial charge in [0.05, 0.1) is 22.7 Å². The Morgan fingerprint density at radius 3 is 1.65 bits per heavy atom. The maximum Gasteiger partial charge on any atom is 0.310 e. The average molecular weight is 577 g/mol. The van der Waals surface area contributed by atoms with E-state index in [2.05, 4.69) is 24.3 Å². The molecule has 4 aliphatic rings. The summed E-state index contributed by atoms with van der Waals surface area (Å²) in [5, 5.41) is 40.0. The lowest BCUT2D eigenvalue weighted by Crippen LogP contribution is -2.60. The number of aromatic hydroxyl groups is 2. The van der Waals surface area contributed by atoms with Crippen molar-refractivity contribution in [1.82, 2.24) is 0 Å². The van der Waals surface area contributed by atoms with Crippen LogP contribution in [-0.2, 0) is 15.6 Å². The number of phenols is 2.